The molecule has 3 heteroatoms. The molecular weight excluding hydrogens is 360 g/mol. The molecule has 0 bridgehead atoms. The van der Waals surface area contributed by atoms with Gasteiger partial charge in [0.25, 0.3) is 0 Å². The molecule has 29 heavy (non-hydrogen) atoms. The van der Waals surface area contributed by atoms with Gasteiger partial charge in [0, 0.05) is 5.57 Å². The fraction of sp³-hybridized carbons (Fsp3) is 0.654. The molecule has 0 aliphatic rings. The van der Waals surface area contributed by atoms with Gasteiger partial charge in [0.2, 0.25) is 0 Å². The predicted molar refractivity (Wildman–Crippen MR) is 123 cm³/mol. The van der Waals surface area contributed by atoms with Crippen LogP contribution in [0.2, 0.25) is 0 Å². The van der Waals surface area contributed by atoms with E-state index in [4.69, 9.17) is 9.47 Å². The molecule has 0 saturated heterocycles. The van der Waals surface area contributed by atoms with Crippen LogP contribution in [-0.4, -0.2) is 19.7 Å². The summed E-state index contributed by atoms with van der Waals surface area (Å²) in [6, 6.07) is 7.85. The summed E-state index contributed by atoms with van der Waals surface area (Å²) in [6.07, 6.45) is 12.0. The van der Waals surface area contributed by atoms with Crippen LogP contribution < -0.4 is 4.74 Å². The van der Waals surface area contributed by atoms with E-state index in [1.54, 1.807) is 7.11 Å². The summed E-state index contributed by atoms with van der Waals surface area (Å²) in [4.78, 5) is 13.0. The van der Waals surface area contributed by atoms with Crippen molar-refractivity contribution in [1.29, 1.82) is 0 Å². The fourth-order valence-corrected chi connectivity index (χ4v) is 3.54. The number of hydrogen-bond donors (Lipinski definition) is 0. The molecule has 0 N–H and O–H groups in total. The van der Waals surface area contributed by atoms with E-state index < -0.39 is 0 Å². The molecule has 0 fully saturated rings. The Kier molecular flexibility index (Phi) is 13.2. The maximum Gasteiger partial charge on any atom is 0.334 e. The lowest BCUT2D eigenvalue weighted by atomic mass is 9.91. The van der Waals surface area contributed by atoms with Crippen molar-refractivity contribution in [3.8, 4) is 5.75 Å². The molecule has 0 radical (unpaired) electrons. The first-order valence-corrected chi connectivity index (χ1v) is 11.6. The van der Waals surface area contributed by atoms with Crippen LogP contribution in [0.4, 0.5) is 0 Å². The van der Waals surface area contributed by atoms with E-state index >= 15 is 0 Å². The largest absolute Gasteiger partial charge is 0.497 e. The molecule has 2 unspecified atom stereocenters. The molecule has 0 aliphatic carbocycles. The van der Waals surface area contributed by atoms with Crippen molar-refractivity contribution in [3.63, 3.8) is 0 Å². The molecule has 164 valence electrons. The zero-order valence-corrected chi connectivity index (χ0v) is 19.3. The average Bonchev–Trinajstić information content (AvgIpc) is 2.76. The standard InChI is InChI=1S/C26H42O3/c1-6-10-12-21(8-3)18-24(19-23-14-16-25(28-5)17-15-23)26(27)29-20-22(9-4)13-11-7-2/h14-17,19,21-22H,6-13,18,20H2,1-5H3. The van der Waals surface area contributed by atoms with Gasteiger partial charge in [-0.2, -0.15) is 0 Å². The lowest BCUT2D eigenvalue weighted by Crippen LogP contribution is -2.17. The molecule has 0 aromatic heterocycles. The summed E-state index contributed by atoms with van der Waals surface area (Å²) in [6.45, 7) is 9.35. The van der Waals surface area contributed by atoms with Crippen molar-refractivity contribution >= 4 is 12.0 Å². The number of carbonyl (C=O) groups excluding carboxylic acids is 1. The van der Waals surface area contributed by atoms with Gasteiger partial charge in [-0.1, -0.05) is 84.8 Å². The van der Waals surface area contributed by atoms with E-state index in [0.717, 1.165) is 49.0 Å². The fourth-order valence-electron chi connectivity index (χ4n) is 3.54. The molecule has 0 aliphatic heterocycles. The number of rotatable bonds is 15. The van der Waals surface area contributed by atoms with Gasteiger partial charge in [-0.15, -0.1) is 0 Å². The number of unbranched alkanes of at least 4 members (excludes halogenated alkanes) is 2. The first-order chi connectivity index (χ1) is 14.1. The SMILES string of the molecule is CCCCC(CC)COC(=O)C(=Cc1ccc(OC)cc1)CC(CC)CCCC. The van der Waals surface area contributed by atoms with E-state index in [-0.39, 0.29) is 5.97 Å². The molecule has 0 amide bonds. The van der Waals surface area contributed by atoms with Gasteiger partial charge in [0.05, 0.1) is 13.7 Å². The zero-order chi connectivity index (χ0) is 21.5. The van der Waals surface area contributed by atoms with E-state index in [9.17, 15) is 4.79 Å². The Morgan fingerprint density at radius 3 is 2.03 bits per heavy atom. The number of methoxy groups -OCH3 is 1. The van der Waals surface area contributed by atoms with Gasteiger partial charge in [0.1, 0.15) is 5.75 Å². The third kappa shape index (κ3) is 10.0. The summed E-state index contributed by atoms with van der Waals surface area (Å²) in [5.74, 6) is 1.66. The van der Waals surface area contributed by atoms with Crippen molar-refractivity contribution in [2.75, 3.05) is 13.7 Å². The summed E-state index contributed by atoms with van der Waals surface area (Å²) in [7, 11) is 1.66. The predicted octanol–water partition coefficient (Wildman–Crippen LogP) is 7.44. The Bertz CT molecular complexity index is 588. The maximum absolute atomic E-state index is 13.0. The number of esters is 1. The van der Waals surface area contributed by atoms with Crippen LogP contribution in [0, 0.1) is 11.8 Å². The van der Waals surface area contributed by atoms with Crippen molar-refractivity contribution in [1.82, 2.24) is 0 Å². The minimum Gasteiger partial charge on any atom is -0.497 e. The Balaban J connectivity index is 2.92. The van der Waals surface area contributed by atoms with Crippen LogP contribution in [0.15, 0.2) is 29.8 Å². The Morgan fingerprint density at radius 1 is 0.931 bits per heavy atom. The first kappa shape index (κ1) is 25.3. The molecule has 0 spiro atoms. The number of benzene rings is 1. The number of ether oxygens (including phenoxy) is 2. The van der Waals surface area contributed by atoms with Gasteiger partial charge in [0.15, 0.2) is 0 Å². The van der Waals surface area contributed by atoms with Crippen LogP contribution in [0.5, 0.6) is 5.75 Å². The normalized spacial score (nSPS) is 13.8. The highest BCUT2D eigenvalue weighted by Crippen LogP contribution is 2.25. The summed E-state index contributed by atoms with van der Waals surface area (Å²) in [5, 5.41) is 0. The minimum absolute atomic E-state index is 0.147. The van der Waals surface area contributed by atoms with Gasteiger partial charge >= 0.3 is 5.97 Å². The van der Waals surface area contributed by atoms with Crippen LogP contribution in [-0.2, 0) is 9.53 Å². The third-order valence-electron chi connectivity index (χ3n) is 5.76. The summed E-state index contributed by atoms with van der Waals surface area (Å²) in [5.41, 5.74) is 1.81. The Labute approximate surface area is 178 Å². The molecule has 2 atom stereocenters. The van der Waals surface area contributed by atoms with Crippen LogP contribution >= 0.6 is 0 Å². The Morgan fingerprint density at radius 2 is 1.52 bits per heavy atom. The average molecular weight is 403 g/mol. The second-order valence-electron chi connectivity index (χ2n) is 8.08. The highest BCUT2D eigenvalue weighted by Gasteiger charge is 2.18. The van der Waals surface area contributed by atoms with E-state index in [2.05, 4.69) is 27.7 Å². The van der Waals surface area contributed by atoms with Gasteiger partial charge in [-0.25, -0.2) is 4.79 Å². The van der Waals surface area contributed by atoms with Crippen LogP contribution in [0.25, 0.3) is 6.08 Å². The smallest absolute Gasteiger partial charge is 0.334 e. The van der Waals surface area contributed by atoms with Gasteiger partial charge in [-0.3, -0.25) is 0 Å². The van der Waals surface area contributed by atoms with E-state index in [1.807, 2.05) is 30.3 Å². The molecule has 3 nitrogen and oxygen atoms in total. The summed E-state index contributed by atoms with van der Waals surface area (Å²) < 4.78 is 11.0. The van der Waals surface area contributed by atoms with Gasteiger partial charge < -0.3 is 9.47 Å². The Hall–Kier alpha value is -1.77. The zero-order valence-electron chi connectivity index (χ0n) is 19.3. The highest BCUT2D eigenvalue weighted by molar-refractivity contribution is 5.93. The topological polar surface area (TPSA) is 35.5 Å². The lowest BCUT2D eigenvalue weighted by Gasteiger charge is -2.19. The van der Waals surface area contributed by atoms with Crippen LogP contribution in [0.3, 0.4) is 0 Å². The number of carbonyl (C=O) groups is 1. The quantitative estimate of drug-likeness (QED) is 0.226. The third-order valence-corrected chi connectivity index (χ3v) is 5.76. The molecule has 1 rings (SSSR count). The van der Waals surface area contributed by atoms with Crippen molar-refractivity contribution in [2.24, 2.45) is 11.8 Å². The van der Waals surface area contributed by atoms with E-state index in [0.29, 0.717) is 18.4 Å². The van der Waals surface area contributed by atoms with E-state index in [1.165, 1.54) is 25.7 Å². The van der Waals surface area contributed by atoms with Gasteiger partial charge in [-0.05, 0) is 48.4 Å². The second-order valence-corrected chi connectivity index (χ2v) is 8.08. The lowest BCUT2D eigenvalue weighted by molar-refractivity contribution is -0.140. The van der Waals surface area contributed by atoms with Crippen molar-refractivity contribution in [2.45, 2.75) is 85.5 Å². The molecule has 1 aromatic carbocycles. The van der Waals surface area contributed by atoms with Crippen molar-refractivity contribution < 1.29 is 14.3 Å². The van der Waals surface area contributed by atoms with Crippen molar-refractivity contribution in [3.05, 3.63) is 35.4 Å². The van der Waals surface area contributed by atoms with Crippen LogP contribution in [0.1, 0.15) is 91.0 Å². The monoisotopic (exact) mass is 402 g/mol. The molecule has 1 aromatic rings. The first-order valence-electron chi connectivity index (χ1n) is 11.6. The summed E-state index contributed by atoms with van der Waals surface area (Å²) >= 11 is 0. The highest BCUT2D eigenvalue weighted by atomic mass is 16.5. The molecular formula is C26H42O3. The second kappa shape index (κ2) is 15.1. The molecule has 0 saturated carbocycles. The molecule has 0 heterocycles. The maximum atomic E-state index is 13.0. The number of hydrogen-bond acceptors (Lipinski definition) is 3. The minimum atomic E-state index is -0.147.